The molecule has 17 amide bonds. The first-order valence-corrected chi connectivity index (χ1v) is 45.9. The van der Waals surface area contributed by atoms with E-state index < -0.39 is 241 Å². The van der Waals surface area contributed by atoms with E-state index in [0.717, 1.165) is 36.3 Å². The number of H-pyrrole nitrogens is 3. The number of amides is 17. The number of fused-ring (bicyclic) bond motifs is 4. The lowest BCUT2D eigenvalue weighted by Gasteiger charge is -2.36. The molecule has 3 aliphatic rings. The lowest BCUT2D eigenvalue weighted by atomic mass is 10.00. The standard InChI is InChI=1S/C91H124N24O20S/c1-9-11-24-70-83(128)103-61(23-17-31-97-91(94)95)79(124)110-69(78(123)100-43-75(93)120)46-136-47-76(121)102-65(34-51-27-29-55(117)30-28-51)86(131)111(6)50(5)77(122)106-67(39-74(92)119)88(133)114-32-18-26-71(114)84(129)105-63(37-54-42-96-48-101-54)81(126)107-64(33-49(3)4)89(134)115-44-56(118)38-73(115)85(130)104-62(35-52-40-98-59-21-15-13-19-57(52)59)80(125)109-68(45-116)82(127)108-66(36-53-41-99-60-22-16-14-20-58(53)60)87(132)113(8)72(25-12-10-2)90(135)112(70)7/h9-10,13-16,19-22,27-30,40-42,48-50,56,61-73,98-99,116-118H,1-2,11-12,17-18,23-26,31-39,43-47H2,3-8H3,(H2,92,119)(H2,93,120)(H,96,101)(H,100,123)(H,102,121)(H,103,128)(H,104,130)(H,105,129)(H,106,122)(H,107,126)(H,108,127)(H,109,125)(H,110,124)(H4,94,95,97)/t50-,56+,61-,62-,63-,64-,65-,66-,67-,68-,69-,70-,71-,72-,73-/m0/s1. The molecular weight excluding hydrogens is 1780 g/mol. The van der Waals surface area contributed by atoms with Crippen molar-refractivity contribution in [1.82, 2.24) is 103 Å². The molecule has 0 bridgehead atoms. The number of phenolic OH excluding ortho intramolecular Hbond substituents is 1. The van der Waals surface area contributed by atoms with Gasteiger partial charge in [-0.05, 0) is 112 Å². The van der Waals surface area contributed by atoms with Crippen molar-refractivity contribution in [2.24, 2.45) is 23.1 Å². The predicted molar refractivity (Wildman–Crippen MR) is 500 cm³/mol. The number of aromatic hydroxyl groups is 1. The summed E-state index contributed by atoms with van der Waals surface area (Å²) < 4.78 is 0. The number of aliphatic hydroxyl groups is 2. The zero-order valence-corrected chi connectivity index (χ0v) is 77.5. The fourth-order valence-electron chi connectivity index (χ4n) is 16.5. The molecule has 0 radical (unpaired) electrons. The lowest BCUT2D eigenvalue weighted by molar-refractivity contribution is -0.149. The number of benzene rings is 3. The Hall–Kier alpha value is -14.2. The third-order valence-corrected chi connectivity index (χ3v) is 25.0. The number of nitrogens with one attached hydrogen (secondary N) is 15. The van der Waals surface area contributed by atoms with Crippen LogP contribution in [0.15, 0.2) is 123 Å². The third kappa shape index (κ3) is 29.1. The van der Waals surface area contributed by atoms with Gasteiger partial charge in [-0.15, -0.1) is 24.9 Å². The summed E-state index contributed by atoms with van der Waals surface area (Å²) in [6, 6.07) is -2.78. The first-order chi connectivity index (χ1) is 64.8. The van der Waals surface area contributed by atoms with Gasteiger partial charge in [-0.25, -0.2) is 4.98 Å². The highest BCUT2D eigenvalue weighted by Gasteiger charge is 2.47. The SMILES string of the molecule is C=CCC[C@H]1C(=O)N(C)[C@@H](CCC=C)C(=O)N[C@@H](CCCNC(=N)N)C(=O)N[C@H](C(=O)NCC(N)=O)CSCC(=O)N[C@@H](Cc2ccc(O)cc2)C(=O)N(C)[C@@H](C)C(=O)N[C@@H](CC(N)=O)C(=O)N2CCC[C@H]2C(=O)N[C@@H](Cc2cnc[nH]2)C(=O)N[C@@H](CC(C)C)C(=O)N2C[C@H](O)C[C@H]2C(=O)N[C@@H](Cc2c[nH]c3ccccc23)C(=O)N[C@@H](CO)C(=O)N[C@@H](Cc2c[nH]c3ccccc23)C(=O)N1C. The molecule has 0 saturated carbocycles. The number of phenols is 1. The Bertz CT molecular complexity index is 5320. The van der Waals surface area contributed by atoms with Crippen LogP contribution in [0.3, 0.4) is 0 Å². The van der Waals surface area contributed by atoms with Crippen molar-refractivity contribution >= 4 is 140 Å². The van der Waals surface area contributed by atoms with E-state index in [-0.39, 0.29) is 108 Å². The number of aromatic nitrogens is 4. The Labute approximate surface area is 788 Å². The number of nitrogens with two attached hydrogens (primary N) is 3. The zero-order valence-electron chi connectivity index (χ0n) is 76.7. The van der Waals surface area contributed by atoms with Crippen molar-refractivity contribution in [3.8, 4) is 5.75 Å². The maximum Gasteiger partial charge on any atom is 0.246 e. The summed E-state index contributed by atoms with van der Waals surface area (Å²) in [6.07, 6.45) is 4.64. The quantitative estimate of drug-likeness (QED) is 0.0109. The smallest absolute Gasteiger partial charge is 0.246 e. The molecule has 9 rings (SSSR count). The second-order valence-corrected chi connectivity index (χ2v) is 35.5. The minimum atomic E-state index is -1.92. The number of imidazole rings is 1. The number of carbonyl (C=O) groups excluding carboxylic acids is 17. The molecule has 136 heavy (non-hydrogen) atoms. The molecule has 3 fully saturated rings. The van der Waals surface area contributed by atoms with Gasteiger partial charge >= 0.3 is 0 Å². The van der Waals surface area contributed by atoms with Crippen LogP contribution in [0, 0.1) is 11.3 Å². The molecule has 6 heterocycles. The molecule has 15 atom stereocenters. The fraction of sp³-hybridized carbons (Fsp3) is 0.484. The fourth-order valence-corrected chi connectivity index (χ4v) is 17.4. The third-order valence-electron chi connectivity index (χ3n) is 23.9. The molecule has 3 aromatic heterocycles. The summed E-state index contributed by atoms with van der Waals surface area (Å²) in [4.78, 5) is 269. The Kier molecular flexibility index (Phi) is 38.9. The summed E-state index contributed by atoms with van der Waals surface area (Å²) >= 11 is 0.744. The number of primary amides is 2. The largest absolute Gasteiger partial charge is 0.508 e. The number of aromatic amines is 3. The normalized spacial score (nSPS) is 24.6. The number of allylic oxidation sites excluding steroid dienone is 2. The van der Waals surface area contributed by atoms with Gasteiger partial charge in [-0.1, -0.05) is 74.5 Å². The summed E-state index contributed by atoms with van der Waals surface area (Å²) in [6.45, 7) is 9.92. The molecule has 0 unspecified atom stereocenters. The second-order valence-electron chi connectivity index (χ2n) is 34.4. The van der Waals surface area contributed by atoms with Crippen LogP contribution in [-0.4, -0.2) is 322 Å². The summed E-state index contributed by atoms with van der Waals surface area (Å²) in [5.41, 5.74) is 19.7. The number of nitrogens with zero attached hydrogens (tertiary/aromatic N) is 6. The van der Waals surface area contributed by atoms with Gasteiger partial charge in [-0.2, -0.15) is 0 Å². The number of thioether (sulfide) groups is 1. The van der Waals surface area contributed by atoms with E-state index in [0.29, 0.717) is 44.2 Å². The minimum absolute atomic E-state index is 0.00705. The zero-order chi connectivity index (χ0) is 99.3. The molecule has 24 N–H and O–H groups in total. The van der Waals surface area contributed by atoms with Gasteiger partial charge in [-0.3, -0.25) is 86.9 Å². The number of rotatable bonds is 26. The van der Waals surface area contributed by atoms with E-state index in [4.69, 9.17) is 22.6 Å². The summed E-state index contributed by atoms with van der Waals surface area (Å²) in [5, 5.41) is 70.9. The molecule has 3 aliphatic heterocycles. The van der Waals surface area contributed by atoms with Gasteiger partial charge < -0.3 is 130 Å². The Morgan fingerprint density at radius 2 is 1.11 bits per heavy atom. The molecule has 0 spiro atoms. The second kappa shape index (κ2) is 50.2. The maximum absolute atomic E-state index is 15.7. The Morgan fingerprint density at radius 1 is 0.574 bits per heavy atom. The number of hydrogen-bond donors (Lipinski definition) is 21. The van der Waals surface area contributed by atoms with Gasteiger partial charge in [0, 0.05) is 125 Å². The van der Waals surface area contributed by atoms with Crippen LogP contribution in [0.4, 0.5) is 0 Å². The Morgan fingerprint density at radius 3 is 1.71 bits per heavy atom. The minimum Gasteiger partial charge on any atom is -0.508 e. The van der Waals surface area contributed by atoms with E-state index in [1.54, 1.807) is 74.8 Å². The summed E-state index contributed by atoms with van der Waals surface area (Å²) in [5.74, 6) is -18.5. The first-order valence-electron chi connectivity index (χ1n) is 44.8. The lowest BCUT2D eigenvalue weighted by Crippen LogP contribution is -2.62. The monoisotopic (exact) mass is 1900 g/mol. The van der Waals surface area contributed by atoms with Crippen molar-refractivity contribution in [3.05, 3.63) is 145 Å². The number of para-hydroxylation sites is 2. The van der Waals surface area contributed by atoms with Crippen LogP contribution in [0.5, 0.6) is 5.75 Å². The van der Waals surface area contributed by atoms with Crippen LogP contribution in [-0.2, 0) is 107 Å². The number of guanidine groups is 1. The highest BCUT2D eigenvalue weighted by atomic mass is 32.2. The van der Waals surface area contributed by atoms with Gasteiger partial charge in [0.05, 0.1) is 37.8 Å². The van der Waals surface area contributed by atoms with Crippen LogP contribution < -0.4 is 75.7 Å². The van der Waals surface area contributed by atoms with E-state index in [1.807, 2.05) is 0 Å². The number of hydrogen-bond acceptors (Lipinski definition) is 23. The highest BCUT2D eigenvalue weighted by molar-refractivity contribution is 8.00. The highest BCUT2D eigenvalue weighted by Crippen LogP contribution is 2.28. The first kappa shape index (κ1) is 105. The van der Waals surface area contributed by atoms with E-state index in [1.165, 1.54) is 77.0 Å². The average molecular weight is 1910 g/mol. The topological polar surface area (TPSA) is 662 Å². The number of carbonyl (C=O) groups is 17. The van der Waals surface area contributed by atoms with Crippen LogP contribution in [0.25, 0.3) is 21.8 Å². The van der Waals surface area contributed by atoms with Crippen LogP contribution in [0.2, 0.25) is 0 Å². The summed E-state index contributed by atoms with van der Waals surface area (Å²) in [7, 11) is 3.78. The van der Waals surface area contributed by atoms with Crippen molar-refractivity contribution in [2.45, 2.75) is 208 Å². The molecule has 0 aliphatic carbocycles. The molecule has 45 heteroatoms. The average Bonchev–Trinajstić information content (AvgIpc) is 1.53. The van der Waals surface area contributed by atoms with Crippen molar-refractivity contribution in [3.63, 3.8) is 0 Å². The van der Waals surface area contributed by atoms with E-state index >= 15 is 38.4 Å². The molecule has 3 aromatic carbocycles. The van der Waals surface area contributed by atoms with Gasteiger partial charge in [0.15, 0.2) is 5.96 Å². The van der Waals surface area contributed by atoms with Gasteiger partial charge in [0.1, 0.15) is 90.3 Å². The molecule has 734 valence electrons. The number of likely N-dealkylation sites (N-methyl/N-ethyl adjacent to an activating group) is 3. The maximum atomic E-state index is 15.7. The van der Waals surface area contributed by atoms with Crippen molar-refractivity contribution in [2.75, 3.05) is 65.4 Å². The molecule has 3 saturated heterocycles. The van der Waals surface area contributed by atoms with E-state index in [2.05, 4.69) is 91.6 Å². The number of aliphatic hydroxyl groups excluding tert-OH is 2. The van der Waals surface area contributed by atoms with Crippen LogP contribution in [0.1, 0.15) is 114 Å². The Balaban J connectivity index is 1.10. The molecule has 44 nitrogen and oxygen atoms in total. The van der Waals surface area contributed by atoms with Crippen molar-refractivity contribution in [1.29, 1.82) is 5.41 Å². The van der Waals surface area contributed by atoms with E-state index in [9.17, 15) is 58.5 Å². The molecule has 6 aromatic rings. The van der Waals surface area contributed by atoms with Gasteiger partial charge in [0.25, 0.3) is 0 Å². The van der Waals surface area contributed by atoms with Gasteiger partial charge in [0.2, 0.25) is 100 Å². The molecular formula is C91H124N24O20S. The predicted octanol–water partition coefficient (Wildman–Crippen LogP) is -3.38. The van der Waals surface area contributed by atoms with Crippen molar-refractivity contribution < 1.29 is 96.8 Å². The van der Waals surface area contributed by atoms with Crippen LogP contribution >= 0.6 is 11.8 Å².